The molecule has 0 fully saturated rings. The Kier molecular flexibility index (Phi) is 4.50. The Labute approximate surface area is 119 Å². The number of carbonyl (C=O) groups is 1. The van der Waals surface area contributed by atoms with E-state index < -0.39 is 23.8 Å². The predicted molar refractivity (Wildman–Crippen MR) is 69.2 cm³/mol. The molecule has 114 valence electrons. The van der Waals surface area contributed by atoms with Gasteiger partial charge in [0.25, 0.3) is 0 Å². The molecule has 1 heterocycles. The Balaban J connectivity index is 2.05. The van der Waals surface area contributed by atoms with Crippen LogP contribution in [0.2, 0.25) is 0 Å². The van der Waals surface area contributed by atoms with Crippen LogP contribution in [0.4, 0.5) is 13.2 Å². The van der Waals surface area contributed by atoms with E-state index in [0.29, 0.717) is 5.90 Å². The number of aliphatic imine (C=N–C) groups is 1. The summed E-state index contributed by atoms with van der Waals surface area (Å²) in [7, 11) is 0. The van der Waals surface area contributed by atoms with Crippen molar-refractivity contribution in [3.8, 4) is 0 Å². The number of rotatable bonds is 5. The van der Waals surface area contributed by atoms with Gasteiger partial charge >= 0.3 is 12.1 Å². The lowest BCUT2D eigenvalue weighted by Crippen LogP contribution is -2.15. The molecule has 1 aromatic carbocycles. The van der Waals surface area contributed by atoms with Crippen LogP contribution >= 0.6 is 0 Å². The lowest BCUT2D eigenvalue weighted by Gasteiger charge is -2.13. The van der Waals surface area contributed by atoms with Crippen LogP contribution in [-0.4, -0.2) is 29.6 Å². The molecule has 1 aromatic rings. The summed E-state index contributed by atoms with van der Waals surface area (Å²) < 4.78 is 43.8. The van der Waals surface area contributed by atoms with E-state index in [0.717, 1.165) is 6.07 Å². The quantitative estimate of drug-likeness (QED) is 0.909. The van der Waals surface area contributed by atoms with Crippen molar-refractivity contribution in [1.82, 2.24) is 0 Å². The second-order valence-corrected chi connectivity index (χ2v) is 4.74. The molecule has 0 aliphatic carbocycles. The Morgan fingerprint density at radius 2 is 2.10 bits per heavy atom. The molecule has 0 amide bonds. The molecule has 0 saturated carbocycles. The molecule has 1 aliphatic rings. The molecular formula is C14H14F3NO3. The van der Waals surface area contributed by atoms with Gasteiger partial charge in [-0.05, 0) is 18.1 Å². The van der Waals surface area contributed by atoms with Crippen molar-refractivity contribution < 1.29 is 27.8 Å². The number of hydrogen-bond acceptors (Lipinski definition) is 3. The minimum absolute atomic E-state index is 0.106. The van der Waals surface area contributed by atoms with E-state index in [2.05, 4.69) is 4.99 Å². The Hall–Kier alpha value is -2.05. The highest BCUT2D eigenvalue weighted by atomic mass is 19.4. The number of nitrogens with zero attached hydrogens (tertiary/aromatic N) is 1. The molecule has 0 aromatic heterocycles. The Bertz CT molecular complexity index is 555. The fraction of sp³-hybridized carbons (Fsp3) is 0.429. The van der Waals surface area contributed by atoms with Crippen molar-refractivity contribution in [1.29, 1.82) is 0 Å². The maximum absolute atomic E-state index is 12.9. The third-order valence-corrected chi connectivity index (χ3v) is 3.10. The molecule has 1 unspecified atom stereocenters. The van der Waals surface area contributed by atoms with E-state index in [-0.39, 0.29) is 31.4 Å². The highest BCUT2D eigenvalue weighted by Crippen LogP contribution is 2.32. The van der Waals surface area contributed by atoms with E-state index in [1.54, 1.807) is 6.07 Å². The van der Waals surface area contributed by atoms with Gasteiger partial charge in [0, 0.05) is 6.42 Å². The first-order valence-corrected chi connectivity index (χ1v) is 6.42. The maximum atomic E-state index is 12.9. The molecule has 4 nitrogen and oxygen atoms in total. The zero-order valence-electron chi connectivity index (χ0n) is 11.1. The summed E-state index contributed by atoms with van der Waals surface area (Å²) >= 11 is 0. The van der Waals surface area contributed by atoms with Gasteiger partial charge in [0.1, 0.15) is 6.61 Å². The van der Waals surface area contributed by atoms with E-state index in [1.165, 1.54) is 12.1 Å². The van der Waals surface area contributed by atoms with E-state index in [9.17, 15) is 18.0 Å². The fourth-order valence-electron chi connectivity index (χ4n) is 2.15. The SMILES string of the molecule is O=C(O)CCC1=NC(Cc2ccccc2C(F)(F)F)CO1. The smallest absolute Gasteiger partial charge is 0.416 e. The molecule has 7 heteroatoms. The average Bonchev–Trinajstić information content (AvgIpc) is 2.83. The number of halogens is 3. The predicted octanol–water partition coefficient (Wildman–Crippen LogP) is 2.91. The first-order chi connectivity index (χ1) is 9.86. The minimum atomic E-state index is -4.40. The minimum Gasteiger partial charge on any atom is -0.481 e. The molecule has 1 atom stereocenters. The van der Waals surface area contributed by atoms with Gasteiger partial charge in [-0.3, -0.25) is 4.79 Å². The van der Waals surface area contributed by atoms with Gasteiger partial charge in [-0.1, -0.05) is 18.2 Å². The van der Waals surface area contributed by atoms with E-state index >= 15 is 0 Å². The largest absolute Gasteiger partial charge is 0.481 e. The summed E-state index contributed by atoms with van der Waals surface area (Å²) in [5, 5.41) is 8.57. The van der Waals surface area contributed by atoms with E-state index in [1.807, 2.05) is 0 Å². The first kappa shape index (κ1) is 15.3. The highest BCUT2D eigenvalue weighted by Gasteiger charge is 2.33. The molecular weight excluding hydrogens is 287 g/mol. The first-order valence-electron chi connectivity index (χ1n) is 6.42. The zero-order valence-corrected chi connectivity index (χ0v) is 11.1. The lowest BCUT2D eigenvalue weighted by atomic mass is 10.0. The van der Waals surface area contributed by atoms with Crippen LogP contribution in [0.5, 0.6) is 0 Å². The zero-order chi connectivity index (χ0) is 15.5. The molecule has 0 saturated heterocycles. The van der Waals surface area contributed by atoms with Gasteiger partial charge in [0.2, 0.25) is 0 Å². The summed E-state index contributed by atoms with van der Waals surface area (Å²) in [5.41, 5.74) is -0.499. The van der Waals surface area contributed by atoms with Crippen LogP contribution < -0.4 is 0 Å². The monoisotopic (exact) mass is 301 g/mol. The molecule has 1 N–H and O–H groups in total. The van der Waals surface area contributed by atoms with Gasteiger partial charge < -0.3 is 9.84 Å². The molecule has 1 aliphatic heterocycles. The number of ether oxygens (including phenoxy) is 1. The maximum Gasteiger partial charge on any atom is 0.416 e. The topological polar surface area (TPSA) is 58.9 Å². The number of benzene rings is 1. The molecule has 21 heavy (non-hydrogen) atoms. The normalized spacial score (nSPS) is 18.2. The Morgan fingerprint density at radius 1 is 1.38 bits per heavy atom. The third kappa shape index (κ3) is 4.21. The Morgan fingerprint density at radius 3 is 2.76 bits per heavy atom. The van der Waals surface area contributed by atoms with Crippen LogP contribution in [-0.2, 0) is 22.1 Å². The van der Waals surface area contributed by atoms with Crippen LogP contribution in [0.15, 0.2) is 29.3 Å². The van der Waals surface area contributed by atoms with Crippen molar-refractivity contribution in [2.75, 3.05) is 6.61 Å². The van der Waals surface area contributed by atoms with Gasteiger partial charge in [-0.25, -0.2) is 4.99 Å². The van der Waals surface area contributed by atoms with Crippen molar-refractivity contribution >= 4 is 11.9 Å². The standard InChI is InChI=1S/C14H14F3NO3/c15-14(16,17)11-4-2-1-3-9(11)7-10-8-21-12(18-10)5-6-13(19)20/h1-4,10H,5-8H2,(H,19,20). The summed E-state index contributed by atoms with van der Waals surface area (Å²) in [6, 6.07) is 4.96. The van der Waals surface area contributed by atoms with Gasteiger partial charge in [-0.2, -0.15) is 13.2 Å². The molecule has 0 bridgehead atoms. The van der Waals surface area contributed by atoms with Crippen molar-refractivity contribution in [2.24, 2.45) is 4.99 Å². The number of alkyl halides is 3. The van der Waals surface area contributed by atoms with Crippen molar-refractivity contribution in [2.45, 2.75) is 31.5 Å². The van der Waals surface area contributed by atoms with Crippen molar-refractivity contribution in [3.05, 3.63) is 35.4 Å². The van der Waals surface area contributed by atoms with Gasteiger partial charge in [0.05, 0.1) is 18.0 Å². The summed E-state index contributed by atoms with van der Waals surface area (Å²) in [5.74, 6) is -0.668. The van der Waals surface area contributed by atoms with Crippen LogP contribution in [0.3, 0.4) is 0 Å². The van der Waals surface area contributed by atoms with Crippen LogP contribution in [0.1, 0.15) is 24.0 Å². The molecule has 0 spiro atoms. The number of aliphatic carboxylic acids is 1. The third-order valence-electron chi connectivity index (χ3n) is 3.10. The molecule has 2 rings (SSSR count). The van der Waals surface area contributed by atoms with Gasteiger partial charge in [0.15, 0.2) is 5.90 Å². The van der Waals surface area contributed by atoms with Crippen molar-refractivity contribution in [3.63, 3.8) is 0 Å². The van der Waals surface area contributed by atoms with Crippen LogP contribution in [0, 0.1) is 0 Å². The average molecular weight is 301 g/mol. The highest BCUT2D eigenvalue weighted by molar-refractivity contribution is 5.81. The summed E-state index contributed by atoms with van der Waals surface area (Å²) in [6.45, 7) is 0.182. The number of carboxylic acids is 1. The summed E-state index contributed by atoms with van der Waals surface area (Å²) in [6.07, 6.45) is -4.23. The lowest BCUT2D eigenvalue weighted by molar-refractivity contribution is -0.138. The second-order valence-electron chi connectivity index (χ2n) is 4.74. The number of carboxylic acid groups (broad SMARTS) is 1. The molecule has 0 radical (unpaired) electrons. The van der Waals surface area contributed by atoms with E-state index in [4.69, 9.17) is 9.84 Å². The number of hydrogen-bond donors (Lipinski definition) is 1. The second kappa shape index (κ2) is 6.15. The fourth-order valence-corrected chi connectivity index (χ4v) is 2.15. The van der Waals surface area contributed by atoms with Crippen LogP contribution in [0.25, 0.3) is 0 Å². The summed E-state index contributed by atoms with van der Waals surface area (Å²) in [4.78, 5) is 14.6. The van der Waals surface area contributed by atoms with Gasteiger partial charge in [-0.15, -0.1) is 0 Å².